The predicted molar refractivity (Wildman–Crippen MR) is 63.0 cm³/mol. The van der Waals surface area contributed by atoms with E-state index in [1.807, 2.05) is 13.8 Å². The van der Waals surface area contributed by atoms with E-state index in [9.17, 15) is 0 Å². The van der Waals surface area contributed by atoms with Crippen molar-refractivity contribution < 1.29 is 4.42 Å². The minimum absolute atomic E-state index is 0.876. The van der Waals surface area contributed by atoms with Crippen LogP contribution >= 0.6 is 11.3 Å². The summed E-state index contributed by atoms with van der Waals surface area (Å²) in [6.45, 7) is 5.80. The quantitative estimate of drug-likeness (QED) is 0.857. The van der Waals surface area contributed by atoms with Gasteiger partial charge in [-0.3, -0.25) is 0 Å². The first-order chi connectivity index (χ1) is 7.25. The zero-order chi connectivity index (χ0) is 10.7. The molecule has 2 nitrogen and oxygen atoms in total. The van der Waals surface area contributed by atoms with Crippen molar-refractivity contribution in [3.63, 3.8) is 0 Å². The molecule has 0 aliphatic carbocycles. The van der Waals surface area contributed by atoms with Crippen molar-refractivity contribution in [1.29, 1.82) is 0 Å². The average Bonchev–Trinajstić information content (AvgIpc) is 2.77. The van der Waals surface area contributed by atoms with E-state index < -0.39 is 0 Å². The summed E-state index contributed by atoms with van der Waals surface area (Å²) in [4.78, 5) is 1.37. The number of rotatable bonds is 4. The Hall–Kier alpha value is -1.06. The lowest BCUT2D eigenvalue weighted by Crippen LogP contribution is -2.11. The van der Waals surface area contributed by atoms with Gasteiger partial charge in [-0.25, -0.2) is 0 Å². The van der Waals surface area contributed by atoms with Gasteiger partial charge in [-0.15, -0.1) is 11.3 Å². The van der Waals surface area contributed by atoms with Crippen molar-refractivity contribution in [1.82, 2.24) is 5.32 Å². The van der Waals surface area contributed by atoms with E-state index in [-0.39, 0.29) is 0 Å². The molecule has 3 heteroatoms. The Balaban J connectivity index is 1.86. The first-order valence-electron chi connectivity index (χ1n) is 5.04. The highest BCUT2D eigenvalue weighted by molar-refractivity contribution is 7.09. The number of hydrogen-bond acceptors (Lipinski definition) is 3. The molecule has 15 heavy (non-hydrogen) atoms. The molecule has 1 N–H and O–H groups in total. The molecule has 0 atom stereocenters. The standard InChI is InChI=1S/C12H15NOS/c1-9-6-11(10(2)14-9)7-13-8-12-4-3-5-15-12/h3-6,13H,7-8H2,1-2H3. The van der Waals surface area contributed by atoms with Gasteiger partial charge in [-0.05, 0) is 31.4 Å². The van der Waals surface area contributed by atoms with Crippen molar-refractivity contribution in [2.45, 2.75) is 26.9 Å². The van der Waals surface area contributed by atoms with Gasteiger partial charge in [-0.1, -0.05) is 6.07 Å². The molecule has 0 unspecified atom stereocenters. The highest BCUT2D eigenvalue weighted by Crippen LogP contribution is 2.14. The summed E-state index contributed by atoms with van der Waals surface area (Å²) in [5, 5.41) is 5.51. The number of hydrogen-bond donors (Lipinski definition) is 1. The molecule has 0 spiro atoms. The van der Waals surface area contributed by atoms with Crippen molar-refractivity contribution in [3.05, 3.63) is 45.5 Å². The largest absolute Gasteiger partial charge is 0.466 e. The zero-order valence-electron chi connectivity index (χ0n) is 9.04. The molecule has 0 aromatic carbocycles. The summed E-state index contributed by atoms with van der Waals surface area (Å²) in [6.07, 6.45) is 0. The summed E-state index contributed by atoms with van der Waals surface area (Å²) in [7, 11) is 0. The Bertz CT molecular complexity index is 417. The van der Waals surface area contributed by atoms with Crippen molar-refractivity contribution in [2.24, 2.45) is 0 Å². The fraction of sp³-hybridized carbons (Fsp3) is 0.333. The van der Waals surface area contributed by atoms with Gasteiger partial charge in [0.25, 0.3) is 0 Å². The van der Waals surface area contributed by atoms with E-state index in [0.29, 0.717) is 0 Å². The van der Waals surface area contributed by atoms with E-state index in [4.69, 9.17) is 4.42 Å². The van der Waals surface area contributed by atoms with Gasteiger partial charge in [0, 0.05) is 23.5 Å². The molecule has 0 saturated carbocycles. The summed E-state index contributed by atoms with van der Waals surface area (Å²) < 4.78 is 5.46. The Kier molecular flexibility index (Phi) is 3.23. The predicted octanol–water partition coefficient (Wildman–Crippen LogP) is 3.25. The molecule has 0 fully saturated rings. The highest BCUT2D eigenvalue weighted by atomic mass is 32.1. The topological polar surface area (TPSA) is 25.2 Å². The molecule has 0 bridgehead atoms. The van der Waals surface area contributed by atoms with Crippen LogP contribution in [0.5, 0.6) is 0 Å². The smallest absolute Gasteiger partial charge is 0.105 e. The molecule has 0 aliphatic heterocycles. The van der Waals surface area contributed by atoms with Crippen molar-refractivity contribution in [2.75, 3.05) is 0 Å². The molecule has 2 aromatic heterocycles. The summed E-state index contributed by atoms with van der Waals surface area (Å²) in [5.41, 5.74) is 1.25. The summed E-state index contributed by atoms with van der Waals surface area (Å²) >= 11 is 1.78. The third-order valence-electron chi connectivity index (χ3n) is 2.34. The lowest BCUT2D eigenvalue weighted by Gasteiger charge is -2.01. The van der Waals surface area contributed by atoms with Gasteiger partial charge in [-0.2, -0.15) is 0 Å². The van der Waals surface area contributed by atoms with E-state index in [0.717, 1.165) is 24.6 Å². The van der Waals surface area contributed by atoms with Crippen LogP contribution in [0.3, 0.4) is 0 Å². The maximum atomic E-state index is 5.46. The number of furan rings is 1. The lowest BCUT2D eigenvalue weighted by molar-refractivity contribution is 0.499. The minimum Gasteiger partial charge on any atom is -0.466 e. The second-order valence-corrected chi connectivity index (χ2v) is 4.65. The van der Waals surface area contributed by atoms with Crippen molar-refractivity contribution in [3.8, 4) is 0 Å². The Morgan fingerprint density at radius 3 is 2.80 bits per heavy atom. The van der Waals surface area contributed by atoms with Crippen LogP contribution in [0.25, 0.3) is 0 Å². The lowest BCUT2D eigenvalue weighted by atomic mass is 10.2. The molecule has 0 radical (unpaired) electrons. The van der Waals surface area contributed by atoms with Gasteiger partial charge in [0.15, 0.2) is 0 Å². The zero-order valence-corrected chi connectivity index (χ0v) is 9.86. The molecular formula is C12H15NOS. The first kappa shape index (κ1) is 10.5. The minimum atomic E-state index is 0.876. The van der Waals surface area contributed by atoms with Gasteiger partial charge >= 0.3 is 0 Å². The molecule has 80 valence electrons. The first-order valence-corrected chi connectivity index (χ1v) is 5.92. The molecule has 2 aromatic rings. The van der Waals surface area contributed by atoms with Gasteiger partial charge in [0.1, 0.15) is 11.5 Å². The third-order valence-corrected chi connectivity index (χ3v) is 3.21. The molecule has 0 aliphatic rings. The molecule has 0 saturated heterocycles. The normalized spacial score (nSPS) is 10.8. The Morgan fingerprint density at radius 2 is 2.20 bits per heavy atom. The summed E-state index contributed by atoms with van der Waals surface area (Å²) in [6, 6.07) is 6.32. The van der Waals surface area contributed by atoms with Crippen molar-refractivity contribution >= 4 is 11.3 Å². The van der Waals surface area contributed by atoms with Crippen LogP contribution in [0.4, 0.5) is 0 Å². The van der Waals surface area contributed by atoms with E-state index in [1.54, 1.807) is 11.3 Å². The van der Waals surface area contributed by atoms with Crippen LogP contribution in [-0.2, 0) is 13.1 Å². The van der Waals surface area contributed by atoms with E-state index in [2.05, 4.69) is 28.9 Å². The highest BCUT2D eigenvalue weighted by Gasteiger charge is 2.03. The molecule has 2 rings (SSSR count). The van der Waals surface area contributed by atoms with Crippen LogP contribution in [0, 0.1) is 13.8 Å². The van der Waals surface area contributed by atoms with Gasteiger partial charge in [0.2, 0.25) is 0 Å². The SMILES string of the molecule is Cc1cc(CNCc2cccs2)c(C)o1. The number of aryl methyl sites for hydroxylation is 2. The Morgan fingerprint density at radius 1 is 1.33 bits per heavy atom. The van der Waals surface area contributed by atoms with Crippen LogP contribution in [0.1, 0.15) is 22.0 Å². The molecule has 0 amide bonds. The number of nitrogens with one attached hydrogen (secondary N) is 1. The monoisotopic (exact) mass is 221 g/mol. The molecule has 2 heterocycles. The second kappa shape index (κ2) is 4.64. The number of thiophene rings is 1. The maximum absolute atomic E-state index is 5.46. The van der Waals surface area contributed by atoms with E-state index >= 15 is 0 Å². The fourth-order valence-electron chi connectivity index (χ4n) is 1.59. The van der Waals surface area contributed by atoms with Crippen LogP contribution < -0.4 is 5.32 Å². The Labute approximate surface area is 93.9 Å². The molecular weight excluding hydrogens is 206 g/mol. The third kappa shape index (κ3) is 2.70. The van der Waals surface area contributed by atoms with Gasteiger partial charge < -0.3 is 9.73 Å². The van der Waals surface area contributed by atoms with Crippen LogP contribution in [0.2, 0.25) is 0 Å². The summed E-state index contributed by atoms with van der Waals surface area (Å²) in [5.74, 6) is 2.01. The second-order valence-electron chi connectivity index (χ2n) is 3.62. The van der Waals surface area contributed by atoms with Crippen LogP contribution in [-0.4, -0.2) is 0 Å². The maximum Gasteiger partial charge on any atom is 0.105 e. The van der Waals surface area contributed by atoms with Gasteiger partial charge in [0.05, 0.1) is 0 Å². The van der Waals surface area contributed by atoms with Crippen LogP contribution in [0.15, 0.2) is 28.0 Å². The average molecular weight is 221 g/mol. The fourth-order valence-corrected chi connectivity index (χ4v) is 2.27. The van der Waals surface area contributed by atoms with E-state index in [1.165, 1.54) is 10.4 Å².